The molecule has 4 rings (SSSR count). The monoisotopic (exact) mass is 594 g/mol. The number of hydrogen-bond acceptors (Lipinski definition) is 5. The number of nitrogens with one attached hydrogen (secondary N) is 1. The highest BCUT2D eigenvalue weighted by molar-refractivity contribution is 7.89. The number of halogens is 3. The van der Waals surface area contributed by atoms with E-state index in [4.69, 9.17) is 39.5 Å². The number of carbonyl (C=O) groups excluding carboxylic acids is 2. The Labute approximate surface area is 236 Å². The van der Waals surface area contributed by atoms with Gasteiger partial charge in [-0.1, -0.05) is 78.0 Å². The van der Waals surface area contributed by atoms with Gasteiger partial charge in [-0.25, -0.2) is 13.2 Å². The quantitative estimate of drug-likeness (QED) is 0.305. The topological polar surface area (TPSA) is 92.8 Å². The maximum absolute atomic E-state index is 13.3. The van der Waals surface area contributed by atoms with E-state index in [0.717, 1.165) is 25.7 Å². The molecule has 11 heteroatoms. The van der Waals surface area contributed by atoms with Crippen molar-refractivity contribution in [3.63, 3.8) is 0 Å². The largest absolute Gasteiger partial charge is 0.444 e. The average molecular weight is 596 g/mol. The van der Waals surface area contributed by atoms with E-state index >= 15 is 0 Å². The lowest BCUT2D eigenvalue weighted by Gasteiger charge is -2.21. The van der Waals surface area contributed by atoms with Crippen LogP contribution in [0, 0.1) is 0 Å². The minimum atomic E-state index is -3.93. The summed E-state index contributed by atoms with van der Waals surface area (Å²) in [6, 6.07) is 16.9. The van der Waals surface area contributed by atoms with E-state index in [-0.39, 0.29) is 15.5 Å². The number of carbonyl (C=O) groups is 2. The van der Waals surface area contributed by atoms with Crippen LogP contribution in [0.15, 0.2) is 71.6 Å². The smallest absolute Gasteiger partial charge is 0.339 e. The van der Waals surface area contributed by atoms with E-state index in [2.05, 4.69) is 5.32 Å². The van der Waals surface area contributed by atoms with Crippen LogP contribution in [0.1, 0.15) is 47.7 Å². The molecule has 38 heavy (non-hydrogen) atoms. The zero-order valence-corrected chi connectivity index (χ0v) is 23.3. The Balaban J connectivity index is 1.61. The molecule has 1 aliphatic heterocycles. The van der Waals surface area contributed by atoms with Crippen molar-refractivity contribution < 1.29 is 22.7 Å². The van der Waals surface area contributed by atoms with Crippen LogP contribution in [0.2, 0.25) is 15.1 Å². The van der Waals surface area contributed by atoms with E-state index in [1.807, 2.05) is 0 Å². The Morgan fingerprint density at radius 3 is 2.11 bits per heavy atom. The van der Waals surface area contributed by atoms with Crippen molar-refractivity contribution in [2.45, 2.75) is 36.7 Å². The lowest BCUT2D eigenvalue weighted by Crippen LogP contribution is -2.32. The number of ether oxygens (including phenoxy) is 1. The van der Waals surface area contributed by atoms with E-state index < -0.39 is 28.0 Å². The maximum atomic E-state index is 13.3. The molecule has 0 radical (unpaired) electrons. The van der Waals surface area contributed by atoms with Crippen LogP contribution < -0.4 is 5.32 Å². The highest BCUT2D eigenvalue weighted by Crippen LogP contribution is 2.30. The second-order valence-corrected chi connectivity index (χ2v) is 12.0. The van der Waals surface area contributed by atoms with Crippen molar-refractivity contribution >= 4 is 62.4 Å². The van der Waals surface area contributed by atoms with Gasteiger partial charge in [0.25, 0.3) is 5.91 Å². The van der Waals surface area contributed by atoms with Gasteiger partial charge in [0, 0.05) is 34.4 Å². The highest BCUT2D eigenvalue weighted by atomic mass is 35.5. The van der Waals surface area contributed by atoms with Gasteiger partial charge < -0.3 is 10.1 Å². The Bertz CT molecular complexity index is 1410. The second kappa shape index (κ2) is 12.5. The predicted molar refractivity (Wildman–Crippen MR) is 148 cm³/mol. The minimum absolute atomic E-state index is 0.000911. The number of anilines is 1. The third-order valence-corrected chi connectivity index (χ3v) is 8.86. The van der Waals surface area contributed by atoms with Crippen LogP contribution in [0.3, 0.4) is 0 Å². The molecule has 0 aromatic heterocycles. The van der Waals surface area contributed by atoms with Gasteiger partial charge in [-0.2, -0.15) is 4.31 Å². The van der Waals surface area contributed by atoms with Gasteiger partial charge in [0.05, 0.1) is 10.6 Å². The number of amides is 1. The lowest BCUT2D eigenvalue weighted by molar-refractivity contribution is -0.125. The molecule has 200 valence electrons. The van der Waals surface area contributed by atoms with Gasteiger partial charge in [-0.05, 0) is 49.2 Å². The van der Waals surface area contributed by atoms with Gasteiger partial charge in [0.2, 0.25) is 16.1 Å². The van der Waals surface area contributed by atoms with Crippen molar-refractivity contribution in [3.05, 3.63) is 92.9 Å². The van der Waals surface area contributed by atoms with Crippen molar-refractivity contribution in [2.75, 3.05) is 18.4 Å². The lowest BCUT2D eigenvalue weighted by atomic mass is 10.1. The molecule has 0 unspecified atom stereocenters. The average Bonchev–Trinajstić information content (AvgIpc) is 3.17. The molecule has 1 atom stereocenters. The number of nitrogens with zero attached hydrogens (tertiary/aromatic N) is 1. The van der Waals surface area contributed by atoms with E-state index in [0.29, 0.717) is 34.4 Å². The maximum Gasteiger partial charge on any atom is 0.339 e. The Hall–Kier alpha value is -2.62. The summed E-state index contributed by atoms with van der Waals surface area (Å²) in [5, 5.41) is 3.30. The summed E-state index contributed by atoms with van der Waals surface area (Å²) in [4.78, 5) is 26.3. The van der Waals surface area contributed by atoms with Crippen LogP contribution in [0.4, 0.5) is 5.69 Å². The molecule has 1 aliphatic rings. The first kappa shape index (κ1) is 28.4. The summed E-state index contributed by atoms with van der Waals surface area (Å²) in [5.41, 5.74) is 0.682. The zero-order chi connectivity index (χ0) is 27.3. The molecule has 1 amide bonds. The number of hydrogen-bond donors (Lipinski definition) is 1. The Kier molecular flexibility index (Phi) is 9.33. The summed E-state index contributed by atoms with van der Waals surface area (Å²) in [5.74, 6) is -1.53. The molecule has 0 spiro atoms. The molecule has 7 nitrogen and oxygen atoms in total. The van der Waals surface area contributed by atoms with Gasteiger partial charge >= 0.3 is 5.97 Å². The Morgan fingerprint density at radius 2 is 1.47 bits per heavy atom. The van der Waals surface area contributed by atoms with Gasteiger partial charge in [0.1, 0.15) is 4.90 Å². The highest BCUT2D eigenvalue weighted by Gasteiger charge is 2.30. The number of rotatable bonds is 7. The number of benzene rings is 3. The van der Waals surface area contributed by atoms with E-state index in [1.54, 1.807) is 30.3 Å². The molecule has 1 heterocycles. The third-order valence-electron chi connectivity index (χ3n) is 6.05. The molecular weight excluding hydrogens is 571 g/mol. The first-order valence-corrected chi connectivity index (χ1v) is 14.5. The standard InChI is InChI=1S/C27H25Cl3N2O5S/c28-20-15-21(29)17-22(16-20)31-26(33)25(18-8-4-3-5-9-18)37-27(34)19-10-11-23(30)24(14-19)38(35,36)32-12-6-1-2-7-13-32/h3-5,8-11,14-17,25H,1-2,6-7,12-13H2,(H,31,33)/t25-/m1/s1. The van der Waals surface area contributed by atoms with Gasteiger partial charge in [0.15, 0.2) is 0 Å². The van der Waals surface area contributed by atoms with Crippen molar-refractivity contribution in [3.8, 4) is 0 Å². The molecule has 1 saturated heterocycles. The zero-order valence-electron chi connectivity index (χ0n) is 20.2. The summed E-state index contributed by atoms with van der Waals surface area (Å²) in [7, 11) is -3.93. The molecule has 1 N–H and O–H groups in total. The molecule has 0 bridgehead atoms. The number of esters is 1. The molecular formula is C27H25Cl3N2O5S. The number of sulfonamides is 1. The summed E-state index contributed by atoms with van der Waals surface area (Å²) in [6.07, 6.45) is 2.07. The van der Waals surface area contributed by atoms with E-state index in [9.17, 15) is 18.0 Å². The summed E-state index contributed by atoms with van der Waals surface area (Å²) >= 11 is 18.3. The first-order valence-electron chi connectivity index (χ1n) is 12.0. The fraction of sp³-hybridized carbons (Fsp3) is 0.259. The van der Waals surface area contributed by atoms with Crippen molar-refractivity contribution in [2.24, 2.45) is 0 Å². The van der Waals surface area contributed by atoms with Crippen LogP contribution in [-0.4, -0.2) is 37.7 Å². The minimum Gasteiger partial charge on any atom is -0.444 e. The fourth-order valence-corrected chi connectivity index (χ4v) is 6.70. The molecule has 1 fully saturated rings. The second-order valence-electron chi connectivity index (χ2n) is 8.81. The third kappa shape index (κ3) is 6.87. The molecule has 3 aromatic carbocycles. The van der Waals surface area contributed by atoms with Gasteiger partial charge in [-0.15, -0.1) is 0 Å². The fourth-order valence-electron chi connectivity index (χ4n) is 4.16. The first-order chi connectivity index (χ1) is 18.1. The molecule has 3 aromatic rings. The van der Waals surface area contributed by atoms with Crippen molar-refractivity contribution in [1.29, 1.82) is 0 Å². The summed E-state index contributed by atoms with van der Waals surface area (Å²) < 4.78 is 33.7. The normalized spacial score (nSPS) is 15.3. The van der Waals surface area contributed by atoms with Crippen LogP contribution >= 0.6 is 34.8 Å². The Morgan fingerprint density at radius 1 is 0.842 bits per heavy atom. The van der Waals surface area contributed by atoms with E-state index in [1.165, 1.54) is 40.7 Å². The van der Waals surface area contributed by atoms with Crippen LogP contribution in [0.5, 0.6) is 0 Å². The summed E-state index contributed by atoms with van der Waals surface area (Å²) in [6.45, 7) is 0.772. The van der Waals surface area contributed by atoms with Crippen LogP contribution in [0.25, 0.3) is 0 Å². The molecule has 0 saturated carbocycles. The van der Waals surface area contributed by atoms with Crippen LogP contribution in [-0.2, 0) is 19.6 Å². The van der Waals surface area contributed by atoms with Crippen molar-refractivity contribution in [1.82, 2.24) is 4.31 Å². The molecule has 0 aliphatic carbocycles. The van der Waals surface area contributed by atoms with Gasteiger partial charge in [-0.3, -0.25) is 4.79 Å². The predicted octanol–water partition coefficient (Wildman–Crippen LogP) is 6.75. The SMILES string of the molecule is O=C(O[C@@H](C(=O)Nc1cc(Cl)cc(Cl)c1)c1ccccc1)c1ccc(Cl)c(S(=O)(=O)N2CCCCCC2)c1.